The topological polar surface area (TPSA) is 127 Å². The van der Waals surface area contributed by atoms with Crippen molar-refractivity contribution in [3.63, 3.8) is 0 Å². The summed E-state index contributed by atoms with van der Waals surface area (Å²) in [5, 5.41) is 42.5. The number of aliphatic hydroxyl groups excluding tert-OH is 5. The van der Waals surface area contributed by atoms with Crippen molar-refractivity contribution in [1.82, 2.24) is 0 Å². The van der Waals surface area contributed by atoms with E-state index >= 15 is 0 Å². The normalized spacial score (nSPS) is 15.0. The van der Waals surface area contributed by atoms with Gasteiger partial charge in [-0.3, -0.25) is 0 Å². The Kier molecular flexibility index (Phi) is 12.5. The molecule has 0 aliphatic heterocycles. The molecular weight excluding hydrogens is 254 g/mol. The third-order valence-corrected chi connectivity index (χ3v) is 2.51. The monoisotopic (exact) mass is 275 g/mol. The molecule has 0 saturated carbocycles. The van der Waals surface area contributed by atoms with E-state index in [-0.39, 0.29) is 11.5 Å². The first-order chi connectivity index (χ1) is 7.40. The summed E-state index contributed by atoms with van der Waals surface area (Å²) in [5.41, 5.74) is 3.94. The van der Waals surface area contributed by atoms with Gasteiger partial charge in [-0.2, -0.15) is 25.3 Å². The van der Waals surface area contributed by atoms with Crippen molar-refractivity contribution in [3.8, 4) is 0 Å². The van der Waals surface area contributed by atoms with Gasteiger partial charge in [0.25, 0.3) is 0 Å². The maximum Gasteiger partial charge on any atom is 0.0894 e. The Morgan fingerprint density at radius 3 is 1.19 bits per heavy atom. The molecule has 0 saturated heterocycles. The molecule has 0 rings (SSSR count). The quantitative estimate of drug-likeness (QED) is 0.248. The maximum atomic E-state index is 8.75. The molecular formula is C8H21NO5S2. The summed E-state index contributed by atoms with van der Waals surface area (Å²) in [5.74, 6) is 0.559. The average Bonchev–Trinajstić information content (AvgIpc) is 2.36. The van der Waals surface area contributed by atoms with Crippen molar-refractivity contribution in [1.29, 1.82) is 0 Å². The number of thiol groups is 2. The van der Waals surface area contributed by atoms with Gasteiger partial charge in [0.1, 0.15) is 0 Å². The van der Waals surface area contributed by atoms with Crippen molar-refractivity contribution >= 4 is 25.3 Å². The highest BCUT2D eigenvalue weighted by Gasteiger charge is 2.20. The number of hydrogen-bond acceptors (Lipinski definition) is 8. The van der Waals surface area contributed by atoms with Gasteiger partial charge in [-0.15, -0.1) is 0 Å². The summed E-state index contributed by atoms with van der Waals surface area (Å²) in [6, 6.07) is 0. The van der Waals surface area contributed by atoms with E-state index in [2.05, 4.69) is 25.3 Å². The Bertz CT molecular complexity index is 143. The molecule has 0 aromatic carbocycles. The summed E-state index contributed by atoms with van der Waals surface area (Å²) >= 11 is 7.53. The van der Waals surface area contributed by atoms with Gasteiger partial charge in [-0.1, -0.05) is 0 Å². The molecule has 16 heavy (non-hydrogen) atoms. The van der Waals surface area contributed by atoms with Gasteiger partial charge >= 0.3 is 0 Å². The minimum absolute atomic E-state index is 0.279. The first kappa shape index (κ1) is 18.8. The molecule has 0 spiro atoms. The summed E-state index contributed by atoms with van der Waals surface area (Å²) in [6.45, 7) is -1.21. The van der Waals surface area contributed by atoms with Crippen LogP contribution in [0.5, 0.6) is 0 Å². The Balaban J connectivity index is 0. The Labute approximate surface area is 106 Å². The van der Waals surface area contributed by atoms with E-state index in [1.807, 2.05) is 0 Å². The predicted molar refractivity (Wildman–Crippen MR) is 67.9 cm³/mol. The van der Waals surface area contributed by atoms with Crippen molar-refractivity contribution in [2.45, 2.75) is 17.7 Å². The Morgan fingerprint density at radius 1 is 0.875 bits per heavy atom. The number of hydrogen-bond donors (Lipinski definition) is 8. The molecule has 0 bridgehead atoms. The molecule has 0 heterocycles. The molecule has 0 amide bonds. The van der Waals surface area contributed by atoms with Crippen LogP contribution in [0.25, 0.3) is 0 Å². The van der Waals surface area contributed by atoms with E-state index < -0.39 is 37.6 Å². The van der Waals surface area contributed by atoms with Gasteiger partial charge in [-0.25, -0.2) is 0 Å². The second-order valence-electron chi connectivity index (χ2n) is 3.34. The van der Waals surface area contributed by atoms with Crippen LogP contribution in [0.3, 0.4) is 0 Å². The second-order valence-corrected chi connectivity index (χ2v) is 4.07. The smallest absolute Gasteiger partial charge is 0.0894 e. The van der Waals surface area contributed by atoms with Crippen molar-refractivity contribution in [3.05, 3.63) is 0 Å². The van der Waals surface area contributed by atoms with Gasteiger partial charge in [0.05, 0.1) is 37.6 Å². The van der Waals surface area contributed by atoms with Crippen LogP contribution in [-0.2, 0) is 0 Å². The lowest BCUT2D eigenvalue weighted by Crippen LogP contribution is -2.50. The van der Waals surface area contributed by atoms with Crippen molar-refractivity contribution in [2.24, 2.45) is 5.73 Å². The highest BCUT2D eigenvalue weighted by molar-refractivity contribution is 7.80. The van der Waals surface area contributed by atoms with Crippen molar-refractivity contribution in [2.75, 3.05) is 31.3 Å². The molecule has 2 atom stereocenters. The first-order valence-electron chi connectivity index (χ1n) is 4.60. The van der Waals surface area contributed by atoms with E-state index in [0.717, 1.165) is 0 Å². The highest BCUT2D eigenvalue weighted by atomic mass is 32.1. The van der Waals surface area contributed by atoms with Crippen LogP contribution in [0.15, 0.2) is 0 Å². The molecule has 0 radical (unpaired) electrons. The number of rotatable bonds is 6. The van der Waals surface area contributed by atoms with Gasteiger partial charge in [0, 0.05) is 11.5 Å². The SMILES string of the molecule is NC(CO)(CO)CO.O[C@H](CS)[C@H](O)CS. The summed E-state index contributed by atoms with van der Waals surface area (Å²) in [6.07, 6.45) is -1.48. The lowest BCUT2D eigenvalue weighted by molar-refractivity contribution is 0.0504. The zero-order valence-corrected chi connectivity index (χ0v) is 10.7. The third-order valence-electron chi connectivity index (χ3n) is 1.76. The summed E-state index contributed by atoms with van der Waals surface area (Å²) < 4.78 is 0. The third kappa shape index (κ3) is 8.59. The summed E-state index contributed by atoms with van der Waals surface area (Å²) in [7, 11) is 0. The van der Waals surface area contributed by atoms with E-state index in [9.17, 15) is 0 Å². The molecule has 0 aromatic rings. The fourth-order valence-electron chi connectivity index (χ4n) is 0.393. The van der Waals surface area contributed by atoms with Gasteiger partial charge < -0.3 is 31.3 Å². The van der Waals surface area contributed by atoms with Gasteiger partial charge in [0.15, 0.2) is 0 Å². The predicted octanol–water partition coefficient (Wildman–Crippen LogP) is -2.77. The fourth-order valence-corrected chi connectivity index (χ4v) is 0.880. The maximum absolute atomic E-state index is 8.75. The van der Waals surface area contributed by atoms with Crippen LogP contribution < -0.4 is 5.73 Å². The molecule has 0 unspecified atom stereocenters. The molecule has 0 aromatic heterocycles. The van der Waals surface area contributed by atoms with Crippen LogP contribution in [0.2, 0.25) is 0 Å². The Hall–Kier alpha value is 0.460. The van der Waals surface area contributed by atoms with Gasteiger partial charge in [-0.05, 0) is 0 Å². The molecule has 100 valence electrons. The van der Waals surface area contributed by atoms with Gasteiger partial charge in [0.2, 0.25) is 0 Å². The van der Waals surface area contributed by atoms with E-state index in [4.69, 9.17) is 31.3 Å². The molecule has 0 aliphatic rings. The van der Waals surface area contributed by atoms with Crippen LogP contribution in [-0.4, -0.2) is 74.6 Å². The van der Waals surface area contributed by atoms with Crippen molar-refractivity contribution < 1.29 is 25.5 Å². The Morgan fingerprint density at radius 2 is 1.12 bits per heavy atom. The standard InChI is InChI=1S/C4H11NO3.C4H10O2S2/c5-4(1-6,2-7)3-8;5-3(1-7)4(6)2-8/h6-8H,1-3,5H2;3-8H,1-2H2/t;3-,4-/m.1/s1. The lowest BCUT2D eigenvalue weighted by atomic mass is 10.1. The molecule has 0 fully saturated rings. The van der Waals surface area contributed by atoms with Crippen LogP contribution >= 0.6 is 25.3 Å². The van der Waals surface area contributed by atoms with Crippen LogP contribution in [0.1, 0.15) is 0 Å². The lowest BCUT2D eigenvalue weighted by Gasteiger charge is -2.20. The minimum Gasteiger partial charge on any atom is -0.394 e. The molecule has 8 heteroatoms. The zero-order chi connectivity index (χ0) is 13.2. The fraction of sp³-hybridized carbons (Fsp3) is 1.00. The van der Waals surface area contributed by atoms with Crippen LogP contribution in [0, 0.1) is 0 Å². The summed E-state index contributed by atoms with van der Waals surface area (Å²) in [4.78, 5) is 0. The van der Waals surface area contributed by atoms with E-state index in [1.54, 1.807) is 0 Å². The second kappa shape index (κ2) is 10.6. The molecule has 7 N–H and O–H groups in total. The van der Waals surface area contributed by atoms with E-state index in [1.165, 1.54) is 0 Å². The largest absolute Gasteiger partial charge is 0.394 e. The average molecular weight is 275 g/mol. The first-order valence-corrected chi connectivity index (χ1v) is 5.86. The van der Waals surface area contributed by atoms with Crippen LogP contribution in [0.4, 0.5) is 0 Å². The number of nitrogens with two attached hydrogens (primary N) is 1. The molecule has 6 nitrogen and oxygen atoms in total. The van der Waals surface area contributed by atoms with E-state index in [0.29, 0.717) is 0 Å². The zero-order valence-electron chi connectivity index (χ0n) is 8.90. The number of aliphatic hydroxyl groups is 5. The highest BCUT2D eigenvalue weighted by Crippen LogP contribution is 1.96. The molecule has 0 aliphatic carbocycles. The minimum atomic E-state index is -1.21.